The average molecular weight is 364 g/mol. The fourth-order valence-electron chi connectivity index (χ4n) is 4.02. The van der Waals surface area contributed by atoms with Gasteiger partial charge in [-0.05, 0) is 37.1 Å². The van der Waals surface area contributed by atoms with Crippen LogP contribution in [0.5, 0.6) is 5.75 Å². The van der Waals surface area contributed by atoms with Gasteiger partial charge in [-0.2, -0.15) is 4.52 Å². The lowest BCUT2D eigenvalue weighted by Crippen LogP contribution is -2.71. The smallest absolute Gasteiger partial charge is 0.261 e. The number of hydrogen-bond donors (Lipinski definition) is 0. The largest absolute Gasteiger partial charge is 0.484 e. The molecule has 2 aromatic heterocycles. The van der Waals surface area contributed by atoms with Crippen LogP contribution in [0, 0.1) is 6.92 Å². The number of piperazine rings is 1. The maximum absolute atomic E-state index is 12.7. The van der Waals surface area contributed by atoms with Crippen molar-refractivity contribution in [3.63, 3.8) is 0 Å². The summed E-state index contributed by atoms with van der Waals surface area (Å²) >= 11 is 0. The summed E-state index contributed by atoms with van der Waals surface area (Å²) in [5, 5.41) is 12.4. The molecule has 3 aliphatic rings. The molecule has 27 heavy (non-hydrogen) atoms. The molecule has 0 N–H and O–H groups in total. The van der Waals surface area contributed by atoms with Gasteiger partial charge in [-0.15, -0.1) is 15.3 Å². The number of aromatic nitrogens is 4. The van der Waals surface area contributed by atoms with E-state index in [-0.39, 0.29) is 24.6 Å². The summed E-state index contributed by atoms with van der Waals surface area (Å²) in [7, 11) is 0. The zero-order valence-corrected chi connectivity index (χ0v) is 15.0. The molecule has 3 saturated heterocycles. The number of hydrogen-bond acceptors (Lipinski definition) is 6. The van der Waals surface area contributed by atoms with Crippen molar-refractivity contribution in [2.45, 2.75) is 25.4 Å². The van der Waals surface area contributed by atoms with E-state index in [2.05, 4.69) is 20.2 Å². The number of amides is 1. The van der Waals surface area contributed by atoms with Gasteiger partial charge in [0.15, 0.2) is 12.3 Å². The summed E-state index contributed by atoms with van der Waals surface area (Å²) in [5.41, 5.74) is 1.77. The summed E-state index contributed by atoms with van der Waals surface area (Å²) in [6.45, 7) is 3.64. The van der Waals surface area contributed by atoms with Gasteiger partial charge in [-0.3, -0.25) is 4.79 Å². The molecule has 8 heteroatoms. The van der Waals surface area contributed by atoms with E-state index >= 15 is 0 Å². The van der Waals surface area contributed by atoms with E-state index in [1.807, 2.05) is 48.2 Å². The maximum atomic E-state index is 12.7. The van der Waals surface area contributed by atoms with Crippen molar-refractivity contribution in [1.82, 2.24) is 24.7 Å². The van der Waals surface area contributed by atoms with Gasteiger partial charge in [0.25, 0.3) is 5.91 Å². The fraction of sp³-hybridized carbons (Fsp3) is 0.368. The molecule has 6 rings (SSSR count). The fourth-order valence-corrected chi connectivity index (χ4v) is 4.02. The quantitative estimate of drug-likeness (QED) is 0.695. The summed E-state index contributed by atoms with van der Waals surface area (Å²) in [6.07, 6.45) is 2.64. The Balaban J connectivity index is 1.23. The van der Waals surface area contributed by atoms with Crippen molar-refractivity contribution < 1.29 is 9.53 Å². The Morgan fingerprint density at radius 1 is 1.19 bits per heavy atom. The van der Waals surface area contributed by atoms with Crippen LogP contribution in [0.15, 0.2) is 42.7 Å². The van der Waals surface area contributed by atoms with E-state index in [0.717, 1.165) is 42.3 Å². The molecule has 0 spiro atoms. The van der Waals surface area contributed by atoms with E-state index in [0.29, 0.717) is 0 Å². The third-order valence-electron chi connectivity index (χ3n) is 5.40. The highest BCUT2D eigenvalue weighted by molar-refractivity contribution is 5.80. The molecule has 2 bridgehead atoms. The van der Waals surface area contributed by atoms with Crippen molar-refractivity contribution >= 4 is 17.4 Å². The number of nitrogens with zero attached hydrogens (tertiary/aromatic N) is 6. The first-order valence-corrected chi connectivity index (χ1v) is 9.10. The maximum Gasteiger partial charge on any atom is 0.261 e. The monoisotopic (exact) mass is 364 g/mol. The van der Waals surface area contributed by atoms with E-state index in [1.165, 1.54) is 0 Å². The van der Waals surface area contributed by atoms with Gasteiger partial charge in [0.2, 0.25) is 0 Å². The summed E-state index contributed by atoms with van der Waals surface area (Å²) < 4.78 is 7.41. The molecule has 3 aromatic rings. The lowest BCUT2D eigenvalue weighted by atomic mass is 9.87. The number of aryl methyl sites for hydroxylation is 1. The molecule has 1 aromatic carbocycles. The molecule has 1 amide bonds. The highest BCUT2D eigenvalue weighted by Gasteiger charge is 2.47. The Kier molecular flexibility index (Phi) is 3.70. The van der Waals surface area contributed by atoms with Crippen LogP contribution in [0.3, 0.4) is 0 Å². The second-order valence-corrected chi connectivity index (χ2v) is 7.13. The number of carbonyl (C=O) groups excluding carboxylic acids is 1. The Bertz CT molecular complexity index is 991. The minimum Gasteiger partial charge on any atom is -0.484 e. The number of benzene rings is 1. The van der Waals surface area contributed by atoms with Gasteiger partial charge < -0.3 is 14.5 Å². The van der Waals surface area contributed by atoms with Gasteiger partial charge in [0.1, 0.15) is 17.9 Å². The number of carbonyl (C=O) groups is 1. The number of ether oxygens (including phenoxy) is 1. The number of para-hydroxylation sites is 1. The van der Waals surface area contributed by atoms with Crippen LogP contribution < -0.4 is 9.64 Å². The Labute approximate surface area is 156 Å². The molecular formula is C19H20N6O2. The van der Waals surface area contributed by atoms with Gasteiger partial charge in [-0.1, -0.05) is 18.2 Å². The van der Waals surface area contributed by atoms with Gasteiger partial charge in [0, 0.05) is 13.1 Å². The lowest BCUT2D eigenvalue weighted by Gasteiger charge is -2.56. The molecule has 0 aliphatic carbocycles. The Morgan fingerprint density at radius 3 is 2.81 bits per heavy atom. The van der Waals surface area contributed by atoms with Gasteiger partial charge in [-0.25, -0.2) is 0 Å². The average Bonchev–Trinajstić information content (AvgIpc) is 3.15. The third-order valence-corrected chi connectivity index (χ3v) is 5.40. The van der Waals surface area contributed by atoms with Crippen LogP contribution in [-0.4, -0.2) is 62.4 Å². The van der Waals surface area contributed by atoms with Crippen LogP contribution in [0.25, 0.3) is 5.65 Å². The second kappa shape index (κ2) is 6.22. The number of rotatable bonds is 4. The van der Waals surface area contributed by atoms with E-state index in [1.54, 1.807) is 10.8 Å². The van der Waals surface area contributed by atoms with Crippen LogP contribution in [0.2, 0.25) is 0 Å². The minimum atomic E-state index is 0.0568. The minimum absolute atomic E-state index is 0.0568. The van der Waals surface area contributed by atoms with Crippen molar-refractivity contribution in [2.24, 2.45) is 0 Å². The van der Waals surface area contributed by atoms with E-state index in [4.69, 9.17) is 4.74 Å². The zero-order chi connectivity index (χ0) is 18.4. The van der Waals surface area contributed by atoms with Crippen molar-refractivity contribution in [3.8, 4) is 5.75 Å². The van der Waals surface area contributed by atoms with Crippen molar-refractivity contribution in [2.75, 3.05) is 24.6 Å². The Hall–Kier alpha value is -3.16. The zero-order valence-electron chi connectivity index (χ0n) is 15.0. The SMILES string of the molecule is Cc1ccccc1OCC(=O)N1C2CC1CN(c1ccc3nncn3n1)C2. The molecule has 8 nitrogen and oxygen atoms in total. The van der Waals surface area contributed by atoms with Gasteiger partial charge in [0.05, 0.1) is 12.1 Å². The third kappa shape index (κ3) is 2.77. The lowest BCUT2D eigenvalue weighted by molar-refractivity contribution is -0.148. The number of anilines is 1. The highest BCUT2D eigenvalue weighted by atomic mass is 16.5. The second-order valence-electron chi connectivity index (χ2n) is 7.13. The molecule has 3 aliphatic heterocycles. The van der Waals surface area contributed by atoms with Crippen LogP contribution in [0.1, 0.15) is 12.0 Å². The summed E-state index contributed by atoms with van der Waals surface area (Å²) in [6, 6.07) is 12.1. The first-order valence-electron chi connectivity index (χ1n) is 9.10. The normalized spacial score (nSPS) is 21.2. The highest BCUT2D eigenvalue weighted by Crippen LogP contribution is 2.34. The standard InChI is InChI=1S/C19H20N6O2/c1-13-4-2-3-5-16(13)27-11-19(26)25-14-8-15(25)10-23(9-14)18-7-6-17-21-20-12-24(17)22-18/h2-7,12,14-15H,8-11H2,1H3. The molecule has 2 atom stereocenters. The van der Waals surface area contributed by atoms with Crippen molar-refractivity contribution in [1.29, 1.82) is 0 Å². The molecule has 0 radical (unpaired) electrons. The molecule has 138 valence electrons. The van der Waals surface area contributed by atoms with Crippen LogP contribution in [0.4, 0.5) is 5.82 Å². The number of fused-ring (bicyclic) bond motifs is 3. The molecular weight excluding hydrogens is 344 g/mol. The molecule has 2 unspecified atom stereocenters. The van der Waals surface area contributed by atoms with E-state index < -0.39 is 0 Å². The predicted molar refractivity (Wildman–Crippen MR) is 98.7 cm³/mol. The molecule has 3 fully saturated rings. The molecule has 0 saturated carbocycles. The Morgan fingerprint density at radius 2 is 2.00 bits per heavy atom. The predicted octanol–water partition coefficient (Wildman–Crippen LogP) is 1.30. The van der Waals surface area contributed by atoms with Crippen LogP contribution >= 0.6 is 0 Å². The summed E-state index contributed by atoms with van der Waals surface area (Å²) in [4.78, 5) is 16.9. The first-order chi connectivity index (χ1) is 13.2. The number of piperidine rings is 1. The van der Waals surface area contributed by atoms with Crippen LogP contribution in [-0.2, 0) is 4.79 Å². The van der Waals surface area contributed by atoms with E-state index in [9.17, 15) is 4.79 Å². The van der Waals surface area contributed by atoms with Gasteiger partial charge >= 0.3 is 0 Å². The molecule has 5 heterocycles. The summed E-state index contributed by atoms with van der Waals surface area (Å²) in [5.74, 6) is 1.71. The first kappa shape index (κ1) is 16.0. The van der Waals surface area contributed by atoms with Crippen molar-refractivity contribution in [3.05, 3.63) is 48.3 Å². The topological polar surface area (TPSA) is 75.9 Å².